The number of nitriles is 1. The summed E-state index contributed by atoms with van der Waals surface area (Å²) in [6.07, 6.45) is 4.59. The van der Waals surface area contributed by atoms with Crippen molar-refractivity contribution < 1.29 is 9.53 Å². The number of hydrogen-bond acceptors (Lipinski definition) is 4. The lowest BCUT2D eigenvalue weighted by Gasteiger charge is -2.38. The molecule has 1 saturated carbocycles. The van der Waals surface area contributed by atoms with Crippen LogP contribution in [0.1, 0.15) is 19.8 Å². The molecule has 102 valence electrons. The fraction of sp³-hybridized carbons (Fsp3) is 0.615. The maximum absolute atomic E-state index is 12.1. The highest BCUT2D eigenvalue weighted by molar-refractivity contribution is 5.97. The summed E-state index contributed by atoms with van der Waals surface area (Å²) < 4.78 is 6.65. The molecule has 1 fully saturated rings. The lowest BCUT2D eigenvalue weighted by atomic mass is 9.63. The van der Waals surface area contributed by atoms with Crippen molar-refractivity contribution in [3.63, 3.8) is 0 Å². The Bertz CT molecular complexity index is 497. The quantitative estimate of drug-likeness (QED) is 0.870. The van der Waals surface area contributed by atoms with Crippen molar-refractivity contribution in [2.45, 2.75) is 26.3 Å². The molecule has 0 aromatic carbocycles. The van der Waals surface area contributed by atoms with Gasteiger partial charge in [-0.05, 0) is 18.8 Å². The van der Waals surface area contributed by atoms with Crippen LogP contribution in [-0.2, 0) is 16.1 Å². The van der Waals surface area contributed by atoms with E-state index in [0.717, 1.165) is 0 Å². The molecule has 2 rings (SSSR count). The van der Waals surface area contributed by atoms with E-state index in [1.54, 1.807) is 24.2 Å². The van der Waals surface area contributed by atoms with E-state index < -0.39 is 5.41 Å². The van der Waals surface area contributed by atoms with Gasteiger partial charge < -0.3 is 10.1 Å². The summed E-state index contributed by atoms with van der Waals surface area (Å²) in [4.78, 5) is 12.1. The van der Waals surface area contributed by atoms with E-state index in [9.17, 15) is 10.1 Å². The maximum atomic E-state index is 12.1. The Kier molecular flexibility index (Phi) is 3.86. The second-order valence-corrected chi connectivity index (χ2v) is 5.15. The average Bonchev–Trinajstić information content (AvgIpc) is 2.79. The van der Waals surface area contributed by atoms with Crippen molar-refractivity contribution >= 4 is 11.6 Å². The summed E-state index contributed by atoms with van der Waals surface area (Å²) in [6.45, 7) is 3.24. The topological polar surface area (TPSA) is 79.9 Å². The van der Waals surface area contributed by atoms with Crippen LogP contribution in [0.15, 0.2) is 12.4 Å². The van der Waals surface area contributed by atoms with Crippen molar-refractivity contribution in [3.8, 4) is 6.07 Å². The average molecular weight is 262 g/mol. The van der Waals surface area contributed by atoms with Crippen molar-refractivity contribution in [1.82, 2.24) is 9.78 Å². The van der Waals surface area contributed by atoms with Gasteiger partial charge in [0, 0.05) is 13.3 Å². The molecule has 0 atom stereocenters. The van der Waals surface area contributed by atoms with Gasteiger partial charge in [-0.15, -0.1) is 0 Å². The van der Waals surface area contributed by atoms with Crippen LogP contribution in [0.2, 0.25) is 0 Å². The van der Waals surface area contributed by atoms with Crippen LogP contribution >= 0.6 is 0 Å². The number of anilines is 1. The van der Waals surface area contributed by atoms with Gasteiger partial charge in [0.1, 0.15) is 5.41 Å². The summed E-state index contributed by atoms with van der Waals surface area (Å²) in [6, 6.07) is 2.15. The Morgan fingerprint density at radius 2 is 2.47 bits per heavy atom. The van der Waals surface area contributed by atoms with E-state index in [0.29, 0.717) is 37.6 Å². The molecule has 0 spiro atoms. The highest BCUT2D eigenvalue weighted by atomic mass is 16.5. The van der Waals surface area contributed by atoms with Gasteiger partial charge in [0.2, 0.25) is 5.91 Å². The smallest absolute Gasteiger partial charge is 0.244 e. The molecular weight excluding hydrogens is 244 g/mol. The molecular formula is C13H18N4O2. The lowest BCUT2D eigenvalue weighted by Crippen LogP contribution is -2.44. The SMILES string of the molecule is COCCn1cc(NC(=O)C2(C#N)CC(C)C2)cn1. The van der Waals surface area contributed by atoms with Crippen LogP contribution in [-0.4, -0.2) is 29.4 Å². The molecule has 1 aliphatic carbocycles. The van der Waals surface area contributed by atoms with Crippen molar-refractivity contribution in [1.29, 1.82) is 5.26 Å². The predicted molar refractivity (Wildman–Crippen MR) is 69.2 cm³/mol. The van der Waals surface area contributed by atoms with Crippen molar-refractivity contribution in [2.24, 2.45) is 11.3 Å². The largest absolute Gasteiger partial charge is 0.383 e. The van der Waals surface area contributed by atoms with Gasteiger partial charge in [0.15, 0.2) is 0 Å². The standard InChI is InChI=1S/C13H18N4O2/c1-10-5-13(6-10,9-14)12(18)16-11-7-15-17(8-11)3-4-19-2/h7-8,10H,3-6H2,1-2H3,(H,16,18). The zero-order chi connectivity index (χ0) is 13.9. The number of aromatic nitrogens is 2. The first-order valence-corrected chi connectivity index (χ1v) is 6.34. The van der Waals surface area contributed by atoms with Gasteiger partial charge in [-0.25, -0.2) is 0 Å². The fourth-order valence-electron chi connectivity index (χ4n) is 2.44. The Morgan fingerprint density at radius 1 is 1.74 bits per heavy atom. The van der Waals surface area contributed by atoms with Crippen LogP contribution in [0.5, 0.6) is 0 Å². The number of nitrogens with zero attached hydrogens (tertiary/aromatic N) is 3. The summed E-state index contributed by atoms with van der Waals surface area (Å²) in [5, 5.41) is 16.1. The Balaban J connectivity index is 1.96. The molecule has 6 heteroatoms. The number of carbonyl (C=O) groups is 1. The van der Waals surface area contributed by atoms with Gasteiger partial charge in [0.25, 0.3) is 0 Å². The maximum Gasteiger partial charge on any atom is 0.244 e. The summed E-state index contributed by atoms with van der Waals surface area (Å²) in [5.41, 5.74) is -0.232. The first kappa shape index (κ1) is 13.6. The number of amides is 1. The zero-order valence-electron chi connectivity index (χ0n) is 11.2. The minimum absolute atomic E-state index is 0.223. The van der Waals surface area contributed by atoms with Crippen LogP contribution in [0.3, 0.4) is 0 Å². The number of ether oxygens (including phenoxy) is 1. The summed E-state index contributed by atoms with van der Waals surface area (Å²) in [5.74, 6) is 0.217. The molecule has 0 radical (unpaired) electrons. The number of hydrogen-bond donors (Lipinski definition) is 1. The van der Waals surface area contributed by atoms with Crippen LogP contribution in [0.25, 0.3) is 0 Å². The van der Waals surface area contributed by atoms with Gasteiger partial charge in [0.05, 0.1) is 31.1 Å². The molecule has 0 saturated heterocycles. The summed E-state index contributed by atoms with van der Waals surface area (Å²) >= 11 is 0. The van der Waals surface area contributed by atoms with Crippen LogP contribution in [0, 0.1) is 22.7 Å². The molecule has 1 heterocycles. The summed E-state index contributed by atoms with van der Waals surface area (Å²) in [7, 11) is 1.63. The molecule has 0 unspecified atom stereocenters. The molecule has 1 aromatic rings. The van der Waals surface area contributed by atoms with E-state index in [1.807, 2.05) is 6.92 Å². The highest BCUT2D eigenvalue weighted by Crippen LogP contribution is 2.45. The second kappa shape index (κ2) is 5.41. The third kappa shape index (κ3) is 2.76. The van der Waals surface area contributed by atoms with Gasteiger partial charge >= 0.3 is 0 Å². The predicted octanol–water partition coefficient (Wildman–Crippen LogP) is 1.41. The minimum atomic E-state index is -0.853. The molecule has 0 bridgehead atoms. The van der Waals surface area contributed by atoms with Crippen molar-refractivity contribution in [2.75, 3.05) is 19.0 Å². The molecule has 0 aliphatic heterocycles. The number of nitrogens with one attached hydrogen (secondary N) is 1. The molecule has 6 nitrogen and oxygen atoms in total. The van der Waals surface area contributed by atoms with Crippen molar-refractivity contribution in [3.05, 3.63) is 12.4 Å². The van der Waals surface area contributed by atoms with Crippen LogP contribution in [0.4, 0.5) is 5.69 Å². The second-order valence-electron chi connectivity index (χ2n) is 5.15. The van der Waals surface area contributed by atoms with E-state index in [-0.39, 0.29) is 5.91 Å². The first-order valence-electron chi connectivity index (χ1n) is 6.34. The number of carbonyl (C=O) groups excluding carboxylic acids is 1. The number of methoxy groups -OCH3 is 1. The number of rotatable bonds is 5. The third-order valence-electron chi connectivity index (χ3n) is 3.46. The normalized spacial score (nSPS) is 25.4. The van der Waals surface area contributed by atoms with Crippen LogP contribution < -0.4 is 5.32 Å². The van der Waals surface area contributed by atoms with Gasteiger partial charge in [-0.2, -0.15) is 10.4 Å². The Labute approximate surface area is 112 Å². The monoisotopic (exact) mass is 262 g/mol. The van der Waals surface area contributed by atoms with Gasteiger partial charge in [-0.1, -0.05) is 6.92 Å². The zero-order valence-corrected chi connectivity index (χ0v) is 11.2. The van der Waals surface area contributed by atoms with Gasteiger partial charge in [-0.3, -0.25) is 9.48 Å². The fourth-order valence-corrected chi connectivity index (χ4v) is 2.44. The van der Waals surface area contributed by atoms with E-state index >= 15 is 0 Å². The minimum Gasteiger partial charge on any atom is -0.383 e. The first-order chi connectivity index (χ1) is 9.09. The third-order valence-corrected chi connectivity index (χ3v) is 3.46. The van der Waals surface area contributed by atoms with E-state index in [2.05, 4.69) is 16.5 Å². The molecule has 1 aromatic heterocycles. The molecule has 1 aliphatic rings. The molecule has 1 N–H and O–H groups in total. The highest BCUT2D eigenvalue weighted by Gasteiger charge is 2.49. The van der Waals surface area contributed by atoms with E-state index in [4.69, 9.17) is 4.74 Å². The molecule has 1 amide bonds. The Morgan fingerprint density at radius 3 is 3.05 bits per heavy atom. The van der Waals surface area contributed by atoms with E-state index in [1.165, 1.54) is 0 Å². The molecule has 19 heavy (non-hydrogen) atoms. The lowest BCUT2D eigenvalue weighted by molar-refractivity contribution is -0.128. The Hall–Kier alpha value is -1.87.